The van der Waals surface area contributed by atoms with Crippen molar-refractivity contribution in [2.24, 2.45) is 0 Å². The van der Waals surface area contributed by atoms with Gasteiger partial charge in [0.05, 0.1) is 20.3 Å². The summed E-state index contributed by atoms with van der Waals surface area (Å²) in [5, 5.41) is 0. The number of nitrogens with zero attached hydrogens (tertiary/aromatic N) is 1. The Kier molecular flexibility index (Phi) is 1.14. The number of ether oxygens (including phenoxy) is 2. The van der Waals surface area contributed by atoms with Crippen molar-refractivity contribution < 1.29 is 23.2 Å². The Bertz CT molecular complexity index is 575. The number of hydrogen-bond acceptors (Lipinski definition) is 3. The molecule has 0 saturated carbocycles. The zero-order chi connectivity index (χ0) is 17.5. The second-order valence-corrected chi connectivity index (χ2v) is 2.29. The van der Waals surface area contributed by atoms with E-state index in [-0.39, 0.29) is 4.47 Å². The van der Waals surface area contributed by atoms with E-state index < -0.39 is 44.3 Å². The van der Waals surface area contributed by atoms with E-state index in [9.17, 15) is 0 Å². The lowest BCUT2D eigenvalue weighted by atomic mass is 10.5. The summed E-state index contributed by atoms with van der Waals surface area (Å²) in [6.07, 6.45) is -0.524. The molecule has 0 spiro atoms. The van der Waals surface area contributed by atoms with Crippen LogP contribution in [-0.4, -0.2) is 25.1 Å². The Labute approximate surface area is 93.9 Å². The molecular formula is C8H10BrNO2. The van der Waals surface area contributed by atoms with Gasteiger partial charge in [-0.25, -0.2) is 4.98 Å². The molecule has 0 saturated heterocycles. The molecule has 0 aromatic carbocycles. The highest BCUT2D eigenvalue weighted by molar-refractivity contribution is 9.10. The van der Waals surface area contributed by atoms with Gasteiger partial charge < -0.3 is 9.47 Å². The first kappa shape index (κ1) is 2.69. The third-order valence-electron chi connectivity index (χ3n) is 0.775. The van der Waals surface area contributed by atoms with Crippen molar-refractivity contribution in [3.05, 3.63) is 22.7 Å². The molecule has 0 aliphatic carbocycles. The summed E-state index contributed by atoms with van der Waals surface area (Å²) in [5.41, 5.74) is 0. The van der Waals surface area contributed by atoms with Crippen molar-refractivity contribution in [3.8, 4) is 5.88 Å². The van der Waals surface area contributed by atoms with E-state index in [2.05, 4.69) is 30.4 Å². The number of methoxy groups -OCH3 is 1. The van der Waals surface area contributed by atoms with Crippen molar-refractivity contribution >= 4 is 15.9 Å². The maximum Gasteiger partial charge on any atom is 0.213 e. The molecule has 0 aliphatic rings. The third-order valence-corrected chi connectivity index (χ3v) is 1.15. The van der Waals surface area contributed by atoms with E-state index in [4.69, 9.17) is 13.7 Å². The fourth-order valence-corrected chi connectivity index (χ4v) is 0.590. The minimum absolute atomic E-state index is 0.118. The summed E-state index contributed by atoms with van der Waals surface area (Å²) in [4.78, 5) is 3.42. The first-order chi connectivity index (χ1) is 9.68. The number of rotatable bonds is 4. The Morgan fingerprint density at radius 3 is 3.50 bits per heavy atom. The van der Waals surface area contributed by atoms with E-state index >= 15 is 0 Å². The molecule has 4 heteroatoms. The molecule has 0 radical (unpaired) electrons. The Morgan fingerprint density at radius 2 is 2.67 bits per heavy atom. The first-order valence-corrected chi connectivity index (χ1v) is 3.50. The highest BCUT2D eigenvalue weighted by Gasteiger charge is 1.93. The summed E-state index contributed by atoms with van der Waals surface area (Å²) in [6.45, 7) is -6.74. The SMILES string of the molecule is [2H]c1nc(OC([2H])([2H])C([2H])([2H])OC([2H])([2H])[2H])c([2H])c([2H])c1Br. The van der Waals surface area contributed by atoms with Crippen molar-refractivity contribution in [1.82, 2.24) is 4.98 Å². The van der Waals surface area contributed by atoms with Crippen LogP contribution < -0.4 is 4.74 Å². The second-order valence-electron chi connectivity index (χ2n) is 1.50. The summed E-state index contributed by atoms with van der Waals surface area (Å²) in [7, 11) is -3.22. The van der Waals surface area contributed by atoms with Crippen LogP contribution in [0.15, 0.2) is 22.7 Å². The van der Waals surface area contributed by atoms with E-state index in [0.29, 0.717) is 0 Å². The normalized spacial score (nSPS) is 25.4. The molecule has 3 nitrogen and oxygen atoms in total. The smallest absolute Gasteiger partial charge is 0.213 e. The Hall–Kier alpha value is -0.610. The van der Waals surface area contributed by atoms with Crippen LogP contribution in [0.4, 0.5) is 0 Å². The highest BCUT2D eigenvalue weighted by Crippen LogP contribution is 2.11. The van der Waals surface area contributed by atoms with Gasteiger partial charge in [0.25, 0.3) is 0 Å². The maximum absolute atomic E-state index is 7.57. The van der Waals surface area contributed by atoms with E-state index in [1.54, 1.807) is 0 Å². The zero-order valence-corrected chi connectivity index (χ0v) is 7.23. The number of pyridine rings is 1. The third kappa shape index (κ3) is 3.19. The van der Waals surface area contributed by atoms with E-state index in [0.717, 1.165) is 0 Å². The fraction of sp³-hybridized carbons (Fsp3) is 0.375. The van der Waals surface area contributed by atoms with Crippen LogP contribution in [0.25, 0.3) is 0 Å². The quantitative estimate of drug-likeness (QED) is 0.807. The van der Waals surface area contributed by atoms with E-state index in [1.165, 1.54) is 0 Å². The van der Waals surface area contributed by atoms with Crippen LogP contribution in [-0.2, 0) is 4.74 Å². The average molecular weight is 242 g/mol. The standard InChI is InChI=1S/C8H10BrNO2/c1-11-4-5-12-8-3-2-7(9)6-10-8/h2-3,6H,4-5H2,1H3/i1D3,2D,3D,4D2,5D2,6D. The van der Waals surface area contributed by atoms with Gasteiger partial charge in [0.15, 0.2) is 0 Å². The summed E-state index contributed by atoms with van der Waals surface area (Å²) in [6, 6.07) is -1.21. The lowest BCUT2D eigenvalue weighted by molar-refractivity contribution is 0.143. The van der Waals surface area contributed by atoms with Crippen molar-refractivity contribution in [2.75, 3.05) is 20.2 Å². The molecule has 1 heterocycles. The molecule has 1 aromatic rings. The van der Waals surface area contributed by atoms with Gasteiger partial charge in [-0.3, -0.25) is 0 Å². The van der Waals surface area contributed by atoms with Crippen LogP contribution in [0.3, 0.4) is 0 Å². The summed E-state index contributed by atoms with van der Waals surface area (Å²) >= 11 is 2.84. The molecule has 0 bridgehead atoms. The topological polar surface area (TPSA) is 31.4 Å². The predicted octanol–water partition coefficient (Wildman–Crippen LogP) is 1.87. The largest absolute Gasteiger partial charge is 0.475 e. The Morgan fingerprint density at radius 1 is 1.75 bits per heavy atom. The average Bonchev–Trinajstić information content (AvgIpc) is 2.30. The molecule has 0 amide bonds. The molecule has 0 unspecified atom stereocenters. The molecular weight excluding hydrogens is 222 g/mol. The van der Waals surface area contributed by atoms with Gasteiger partial charge in [-0.05, 0) is 22.0 Å². The van der Waals surface area contributed by atoms with Gasteiger partial charge in [-0.15, -0.1) is 0 Å². The van der Waals surface area contributed by atoms with Gasteiger partial charge in [-0.2, -0.15) is 0 Å². The van der Waals surface area contributed by atoms with Crippen molar-refractivity contribution in [3.63, 3.8) is 0 Å². The minimum Gasteiger partial charge on any atom is -0.475 e. The fourth-order valence-electron chi connectivity index (χ4n) is 0.402. The lowest BCUT2D eigenvalue weighted by Crippen LogP contribution is -2.04. The number of hydrogen-bond donors (Lipinski definition) is 0. The summed E-state index contributed by atoms with van der Waals surface area (Å²) in [5.74, 6) is -0.832. The van der Waals surface area contributed by atoms with Crippen LogP contribution in [0.1, 0.15) is 13.7 Å². The molecule has 0 fully saturated rings. The second kappa shape index (κ2) is 5.11. The van der Waals surface area contributed by atoms with Crippen LogP contribution >= 0.6 is 15.9 Å². The molecule has 0 N–H and O–H groups in total. The predicted molar refractivity (Wildman–Crippen MR) is 49.3 cm³/mol. The van der Waals surface area contributed by atoms with Gasteiger partial charge in [0, 0.05) is 23.7 Å². The molecule has 0 aliphatic heterocycles. The molecule has 66 valence electrons. The van der Waals surface area contributed by atoms with Crippen LogP contribution in [0.5, 0.6) is 5.88 Å². The zero-order valence-electron chi connectivity index (χ0n) is 15.6. The molecule has 1 rings (SSSR count). The number of halogens is 1. The van der Waals surface area contributed by atoms with Crippen molar-refractivity contribution in [2.45, 2.75) is 0 Å². The van der Waals surface area contributed by atoms with Crippen molar-refractivity contribution in [1.29, 1.82) is 0 Å². The molecule has 0 atom stereocenters. The van der Waals surface area contributed by atoms with Crippen LogP contribution in [0.2, 0.25) is 0 Å². The molecule has 12 heavy (non-hydrogen) atoms. The maximum atomic E-state index is 7.57. The lowest BCUT2D eigenvalue weighted by Gasteiger charge is -2.03. The van der Waals surface area contributed by atoms with Gasteiger partial charge in [0.1, 0.15) is 6.56 Å². The highest BCUT2D eigenvalue weighted by atomic mass is 79.9. The first-order valence-electron chi connectivity index (χ1n) is 7.70. The van der Waals surface area contributed by atoms with Crippen LogP contribution in [0, 0.1) is 0 Å². The van der Waals surface area contributed by atoms with Gasteiger partial charge in [0.2, 0.25) is 5.88 Å². The minimum atomic E-state index is -3.40. The molecule has 1 aromatic heterocycles. The van der Waals surface area contributed by atoms with Gasteiger partial charge >= 0.3 is 0 Å². The monoisotopic (exact) mass is 241 g/mol. The van der Waals surface area contributed by atoms with Gasteiger partial charge in [-0.1, -0.05) is 0 Å². The Balaban J connectivity index is 3.17. The number of aromatic nitrogens is 1. The summed E-state index contributed by atoms with van der Waals surface area (Å²) < 4.78 is 81.1. The van der Waals surface area contributed by atoms with E-state index in [1.807, 2.05) is 0 Å².